The van der Waals surface area contributed by atoms with Crippen molar-refractivity contribution in [1.82, 2.24) is 29.5 Å². The lowest BCUT2D eigenvalue weighted by Gasteiger charge is -2.08. The van der Waals surface area contributed by atoms with Gasteiger partial charge in [-0.15, -0.1) is 0 Å². The summed E-state index contributed by atoms with van der Waals surface area (Å²) in [5.41, 5.74) is 1.44. The van der Waals surface area contributed by atoms with Crippen LogP contribution in [-0.4, -0.2) is 35.3 Å². The van der Waals surface area contributed by atoms with Crippen LogP contribution in [0, 0.1) is 12.7 Å². The first-order valence-corrected chi connectivity index (χ1v) is 8.01. The van der Waals surface area contributed by atoms with Crippen LogP contribution in [0.15, 0.2) is 49.4 Å². The number of aryl methyl sites for hydroxylation is 1. The van der Waals surface area contributed by atoms with Crippen molar-refractivity contribution in [2.45, 2.75) is 13.3 Å². The van der Waals surface area contributed by atoms with Gasteiger partial charge in [-0.05, 0) is 25.1 Å². The zero-order valence-corrected chi connectivity index (χ0v) is 14.2. The van der Waals surface area contributed by atoms with Crippen molar-refractivity contribution in [1.29, 1.82) is 0 Å². The van der Waals surface area contributed by atoms with E-state index >= 15 is 0 Å². The van der Waals surface area contributed by atoms with Crippen molar-refractivity contribution in [2.24, 2.45) is 0 Å². The monoisotopic (exact) mass is 364 g/mol. The molecule has 9 heteroatoms. The molecule has 27 heavy (non-hydrogen) atoms. The maximum atomic E-state index is 13.4. The molecule has 0 radical (unpaired) electrons. The number of ether oxygens (including phenoxy) is 1. The molecule has 0 aliphatic heterocycles. The standard InChI is InChI=1S/C18H13FN6O2/c1-11-16(19)3-2-12(24-11)4-17(26)15-5-13(8-25-18(15)22-10-23-25)27-14-6-20-9-21-7-14/h2-3,5-10H,4H2,1H3. The normalized spacial score (nSPS) is 10.9. The van der Waals surface area contributed by atoms with Gasteiger partial charge in [-0.2, -0.15) is 5.10 Å². The van der Waals surface area contributed by atoms with Crippen LogP contribution >= 0.6 is 0 Å². The van der Waals surface area contributed by atoms with E-state index < -0.39 is 5.82 Å². The third-order valence-electron chi connectivity index (χ3n) is 3.84. The van der Waals surface area contributed by atoms with Crippen LogP contribution in [0.2, 0.25) is 0 Å². The molecular formula is C18H13FN6O2. The molecule has 0 aliphatic rings. The van der Waals surface area contributed by atoms with E-state index in [1.54, 1.807) is 19.2 Å². The maximum Gasteiger partial charge on any atom is 0.172 e. The highest BCUT2D eigenvalue weighted by atomic mass is 19.1. The van der Waals surface area contributed by atoms with Crippen molar-refractivity contribution in [3.63, 3.8) is 0 Å². The van der Waals surface area contributed by atoms with Crippen molar-refractivity contribution < 1.29 is 13.9 Å². The molecule has 8 nitrogen and oxygen atoms in total. The summed E-state index contributed by atoms with van der Waals surface area (Å²) in [4.78, 5) is 28.8. The van der Waals surface area contributed by atoms with Gasteiger partial charge in [0.05, 0.1) is 36.3 Å². The fourth-order valence-corrected chi connectivity index (χ4v) is 2.59. The number of rotatable bonds is 5. The molecule has 0 fully saturated rings. The van der Waals surface area contributed by atoms with E-state index in [0.717, 1.165) is 0 Å². The number of carbonyl (C=O) groups excluding carboxylic acids is 1. The molecule has 0 saturated heterocycles. The summed E-state index contributed by atoms with van der Waals surface area (Å²) in [6, 6.07) is 4.37. The van der Waals surface area contributed by atoms with Crippen molar-refractivity contribution in [3.05, 3.63) is 72.2 Å². The van der Waals surface area contributed by atoms with Gasteiger partial charge in [-0.25, -0.2) is 23.9 Å². The van der Waals surface area contributed by atoms with Crippen LogP contribution in [0.1, 0.15) is 21.7 Å². The van der Waals surface area contributed by atoms with E-state index in [4.69, 9.17) is 4.74 Å². The molecule has 0 unspecified atom stereocenters. The number of carbonyl (C=O) groups is 1. The SMILES string of the molecule is Cc1nc(CC(=O)c2cc(Oc3cncnc3)cn3ncnc23)ccc1F. The summed E-state index contributed by atoms with van der Waals surface area (Å²) in [6.07, 6.45) is 7.35. The second-order valence-electron chi connectivity index (χ2n) is 5.76. The number of pyridine rings is 2. The Balaban J connectivity index is 1.68. The maximum absolute atomic E-state index is 13.4. The molecule has 0 bridgehead atoms. The van der Waals surface area contributed by atoms with E-state index in [-0.39, 0.29) is 17.9 Å². The number of Topliss-reactive ketones (excluding diaryl/α,β-unsaturated/α-hetero) is 1. The summed E-state index contributed by atoms with van der Waals surface area (Å²) in [5.74, 6) is 0.161. The van der Waals surface area contributed by atoms with Gasteiger partial charge in [0.25, 0.3) is 0 Å². The molecule has 0 saturated carbocycles. The number of ketones is 1. The van der Waals surface area contributed by atoms with Gasteiger partial charge in [0.2, 0.25) is 0 Å². The molecule has 134 valence electrons. The molecule has 4 rings (SSSR count). The zero-order valence-electron chi connectivity index (χ0n) is 14.2. The summed E-state index contributed by atoms with van der Waals surface area (Å²) in [7, 11) is 0. The summed E-state index contributed by atoms with van der Waals surface area (Å²) in [6.45, 7) is 1.55. The van der Waals surface area contributed by atoms with E-state index in [0.29, 0.717) is 28.4 Å². The summed E-state index contributed by atoms with van der Waals surface area (Å²) >= 11 is 0. The van der Waals surface area contributed by atoms with Crippen LogP contribution in [0.4, 0.5) is 4.39 Å². The second kappa shape index (κ2) is 6.87. The van der Waals surface area contributed by atoms with Crippen LogP contribution in [0.3, 0.4) is 0 Å². The average molecular weight is 364 g/mol. The first kappa shape index (κ1) is 16.7. The molecular weight excluding hydrogens is 351 g/mol. The topological polar surface area (TPSA) is 95.2 Å². The van der Waals surface area contributed by atoms with Crippen molar-refractivity contribution >= 4 is 11.4 Å². The number of hydrogen-bond acceptors (Lipinski definition) is 7. The highest BCUT2D eigenvalue weighted by molar-refractivity contribution is 6.02. The lowest BCUT2D eigenvalue weighted by Crippen LogP contribution is -2.09. The van der Waals surface area contributed by atoms with Gasteiger partial charge >= 0.3 is 0 Å². The first-order valence-electron chi connectivity index (χ1n) is 8.01. The average Bonchev–Trinajstić information content (AvgIpc) is 3.13. The minimum Gasteiger partial charge on any atom is -0.452 e. The molecule has 4 aromatic rings. The van der Waals surface area contributed by atoms with Gasteiger partial charge in [-0.1, -0.05) is 0 Å². The Hall–Kier alpha value is -3.75. The predicted molar refractivity (Wildman–Crippen MR) is 92.1 cm³/mol. The van der Waals surface area contributed by atoms with Crippen LogP contribution in [-0.2, 0) is 6.42 Å². The molecule has 0 spiro atoms. The third kappa shape index (κ3) is 3.47. The Morgan fingerprint density at radius 2 is 2.00 bits per heavy atom. The highest BCUT2D eigenvalue weighted by Gasteiger charge is 2.17. The summed E-state index contributed by atoms with van der Waals surface area (Å²) in [5, 5.41) is 4.07. The summed E-state index contributed by atoms with van der Waals surface area (Å²) < 4.78 is 20.5. The van der Waals surface area contributed by atoms with E-state index in [2.05, 4.69) is 25.0 Å². The molecule has 0 atom stereocenters. The highest BCUT2D eigenvalue weighted by Crippen LogP contribution is 2.23. The number of halogens is 1. The Kier molecular flexibility index (Phi) is 4.25. The quantitative estimate of drug-likeness (QED) is 0.502. The minimum atomic E-state index is -0.411. The van der Waals surface area contributed by atoms with Gasteiger partial charge in [0.1, 0.15) is 24.2 Å². The van der Waals surface area contributed by atoms with Crippen LogP contribution in [0.25, 0.3) is 5.65 Å². The molecule has 4 heterocycles. The van der Waals surface area contributed by atoms with Crippen molar-refractivity contribution in [3.8, 4) is 11.5 Å². The number of fused-ring (bicyclic) bond motifs is 1. The minimum absolute atomic E-state index is 0.00153. The van der Waals surface area contributed by atoms with Gasteiger partial charge < -0.3 is 4.74 Å². The fraction of sp³-hybridized carbons (Fsp3) is 0.111. The molecule has 0 amide bonds. The van der Waals surface area contributed by atoms with E-state index in [1.807, 2.05) is 0 Å². The van der Waals surface area contributed by atoms with Gasteiger partial charge in [0, 0.05) is 5.69 Å². The molecule has 4 aromatic heterocycles. The number of hydrogen-bond donors (Lipinski definition) is 0. The molecule has 0 aliphatic carbocycles. The lowest BCUT2D eigenvalue weighted by atomic mass is 10.1. The zero-order chi connectivity index (χ0) is 18.8. The number of aromatic nitrogens is 6. The third-order valence-corrected chi connectivity index (χ3v) is 3.84. The van der Waals surface area contributed by atoms with Crippen molar-refractivity contribution in [2.75, 3.05) is 0 Å². The van der Waals surface area contributed by atoms with E-state index in [1.165, 1.54) is 41.7 Å². The second-order valence-corrected chi connectivity index (χ2v) is 5.76. The lowest BCUT2D eigenvalue weighted by molar-refractivity contribution is 0.0992. The molecule has 0 N–H and O–H groups in total. The van der Waals surface area contributed by atoms with Gasteiger partial charge in [0.15, 0.2) is 17.2 Å². The number of nitrogens with zero attached hydrogens (tertiary/aromatic N) is 6. The molecule has 0 aromatic carbocycles. The largest absolute Gasteiger partial charge is 0.452 e. The Labute approximate surface area is 152 Å². The van der Waals surface area contributed by atoms with Crippen LogP contribution < -0.4 is 4.74 Å². The Bertz CT molecular complexity index is 1130. The first-order chi connectivity index (χ1) is 13.1. The predicted octanol–water partition coefficient (Wildman–Crippen LogP) is 2.58. The Morgan fingerprint density at radius 1 is 1.19 bits per heavy atom. The van der Waals surface area contributed by atoms with E-state index in [9.17, 15) is 9.18 Å². The van der Waals surface area contributed by atoms with Crippen LogP contribution in [0.5, 0.6) is 11.5 Å². The Morgan fingerprint density at radius 3 is 2.78 bits per heavy atom. The van der Waals surface area contributed by atoms with Gasteiger partial charge in [-0.3, -0.25) is 9.78 Å². The fourth-order valence-electron chi connectivity index (χ4n) is 2.59. The smallest absolute Gasteiger partial charge is 0.172 e.